The summed E-state index contributed by atoms with van der Waals surface area (Å²) < 4.78 is 52.4. The number of aryl methyl sites for hydroxylation is 2. The van der Waals surface area contributed by atoms with E-state index in [0.29, 0.717) is 17.9 Å². The second-order valence-corrected chi connectivity index (χ2v) is 8.73. The molecule has 0 heterocycles. The molecule has 0 aliphatic rings. The molecule has 3 rings (SSSR count). The lowest BCUT2D eigenvalue weighted by molar-refractivity contribution is -0.138. The molecule has 0 spiro atoms. The minimum Gasteiger partial charge on any atom is -0.494 e. The van der Waals surface area contributed by atoms with Crippen molar-refractivity contribution in [3.8, 4) is 11.5 Å². The lowest BCUT2D eigenvalue weighted by atomic mass is 10.0. The van der Waals surface area contributed by atoms with E-state index in [4.69, 9.17) is 14.2 Å². The first-order valence-corrected chi connectivity index (χ1v) is 12.1. The lowest BCUT2D eigenvalue weighted by Crippen LogP contribution is -2.10. The molecule has 8 heteroatoms. The summed E-state index contributed by atoms with van der Waals surface area (Å²) in [6.07, 6.45) is -1.67. The van der Waals surface area contributed by atoms with Crippen molar-refractivity contribution in [3.63, 3.8) is 0 Å². The molecule has 0 amide bonds. The van der Waals surface area contributed by atoms with Crippen LogP contribution < -0.4 is 9.47 Å². The number of alkyl halides is 3. The molecule has 0 saturated heterocycles. The average Bonchev–Trinajstić information content (AvgIpc) is 2.87. The zero-order valence-electron chi connectivity index (χ0n) is 21.2. The van der Waals surface area contributed by atoms with Crippen LogP contribution in [-0.4, -0.2) is 31.3 Å². The van der Waals surface area contributed by atoms with Gasteiger partial charge in [0.05, 0.1) is 18.8 Å². The molecule has 0 saturated carbocycles. The van der Waals surface area contributed by atoms with Crippen LogP contribution in [0.4, 0.5) is 13.2 Å². The number of hydrogen-bond donors (Lipinski definition) is 0. The molecule has 3 aromatic rings. The van der Waals surface area contributed by atoms with Gasteiger partial charge >= 0.3 is 18.1 Å². The van der Waals surface area contributed by atoms with Crippen LogP contribution in [0.5, 0.6) is 11.5 Å². The molecule has 0 aliphatic heterocycles. The summed E-state index contributed by atoms with van der Waals surface area (Å²) in [7, 11) is 0. The molecular weight excluding hydrogens is 497 g/mol. The predicted molar refractivity (Wildman–Crippen MR) is 138 cm³/mol. The van der Waals surface area contributed by atoms with Crippen LogP contribution in [-0.2, 0) is 16.0 Å². The molecule has 0 fully saturated rings. The normalized spacial score (nSPS) is 11.4. The highest BCUT2D eigenvalue weighted by Crippen LogP contribution is 2.22. The van der Waals surface area contributed by atoms with Gasteiger partial charge in [-0.05, 0) is 79.4 Å². The van der Waals surface area contributed by atoms with Gasteiger partial charge in [-0.2, -0.15) is 13.2 Å². The van der Waals surface area contributed by atoms with E-state index >= 15 is 0 Å². The molecule has 38 heavy (non-hydrogen) atoms. The van der Waals surface area contributed by atoms with E-state index in [0.717, 1.165) is 11.1 Å². The van der Waals surface area contributed by atoms with Crippen molar-refractivity contribution in [3.05, 3.63) is 101 Å². The van der Waals surface area contributed by atoms with Crippen LogP contribution in [0.3, 0.4) is 0 Å². The summed E-state index contributed by atoms with van der Waals surface area (Å²) >= 11 is 0. The van der Waals surface area contributed by atoms with E-state index in [1.54, 1.807) is 30.3 Å². The zero-order chi connectivity index (χ0) is 27.5. The maximum absolute atomic E-state index is 12.4. The summed E-state index contributed by atoms with van der Waals surface area (Å²) in [6, 6.07) is 18.7. The van der Waals surface area contributed by atoms with Crippen LogP contribution in [0.1, 0.15) is 45.5 Å². The second-order valence-electron chi connectivity index (χ2n) is 8.73. The average molecular weight is 527 g/mol. The van der Waals surface area contributed by atoms with Gasteiger partial charge in [-0.3, -0.25) is 0 Å². The van der Waals surface area contributed by atoms with Crippen LogP contribution in [0, 0.1) is 13.8 Å². The Bertz CT molecular complexity index is 1250. The first kappa shape index (κ1) is 28.5. The van der Waals surface area contributed by atoms with E-state index in [2.05, 4.69) is 6.07 Å². The Kier molecular flexibility index (Phi) is 10.1. The highest BCUT2D eigenvalue weighted by molar-refractivity contribution is 5.91. The van der Waals surface area contributed by atoms with Crippen LogP contribution >= 0.6 is 0 Å². The molecular formula is C30H29F3O5. The highest BCUT2D eigenvalue weighted by Gasteiger charge is 2.26. The van der Waals surface area contributed by atoms with E-state index in [1.165, 1.54) is 41.5 Å². The summed E-state index contributed by atoms with van der Waals surface area (Å²) in [6.45, 7) is 4.28. The van der Waals surface area contributed by atoms with Crippen molar-refractivity contribution >= 4 is 18.0 Å². The standard InChI is InChI=1S/C30H29F3O5/c1-21-4-8-24(22(2)20-21)16-19-37-28(34)15-7-23-5-11-27(12-6-23)38-29(35)25-9-13-26(14-10-25)36-18-3-17-30(31,32)33/h4-15,20H,3,16-19H2,1-2H3/b15-7+. The molecule has 0 radical (unpaired) electrons. The van der Waals surface area contributed by atoms with Gasteiger partial charge in [-0.25, -0.2) is 9.59 Å². The molecule has 0 N–H and O–H groups in total. The van der Waals surface area contributed by atoms with Crippen LogP contribution in [0.15, 0.2) is 72.8 Å². The molecule has 5 nitrogen and oxygen atoms in total. The number of benzene rings is 3. The highest BCUT2D eigenvalue weighted by atomic mass is 19.4. The van der Waals surface area contributed by atoms with Crippen molar-refractivity contribution in [2.75, 3.05) is 13.2 Å². The number of ether oxygens (including phenoxy) is 3. The van der Waals surface area contributed by atoms with Gasteiger partial charge in [-0.15, -0.1) is 0 Å². The number of halogens is 3. The third kappa shape index (κ3) is 9.76. The fourth-order valence-corrected chi connectivity index (χ4v) is 3.56. The van der Waals surface area contributed by atoms with Crippen LogP contribution in [0.2, 0.25) is 0 Å². The number of esters is 2. The predicted octanol–water partition coefficient (Wildman–Crippen LogP) is 7.04. The Morgan fingerprint density at radius 2 is 1.55 bits per heavy atom. The van der Waals surface area contributed by atoms with Gasteiger partial charge in [0.1, 0.15) is 11.5 Å². The maximum atomic E-state index is 12.4. The van der Waals surface area contributed by atoms with Crippen molar-refractivity contribution < 1.29 is 37.0 Å². The summed E-state index contributed by atoms with van der Waals surface area (Å²) in [4.78, 5) is 24.4. The Labute approximate surface area is 219 Å². The van der Waals surface area contributed by atoms with Gasteiger partial charge < -0.3 is 14.2 Å². The minimum atomic E-state index is -4.21. The SMILES string of the molecule is Cc1ccc(CCOC(=O)/C=C/c2ccc(OC(=O)c3ccc(OCCCC(F)(F)F)cc3)cc2)c(C)c1. The zero-order valence-corrected chi connectivity index (χ0v) is 21.2. The largest absolute Gasteiger partial charge is 0.494 e. The smallest absolute Gasteiger partial charge is 0.389 e. The Balaban J connectivity index is 1.42. The van der Waals surface area contributed by atoms with Gasteiger partial charge in [-0.1, -0.05) is 35.9 Å². The molecule has 200 valence electrons. The second kappa shape index (κ2) is 13.5. The molecule has 0 atom stereocenters. The van der Waals surface area contributed by atoms with Crippen molar-refractivity contribution in [1.29, 1.82) is 0 Å². The van der Waals surface area contributed by atoms with Crippen molar-refractivity contribution in [1.82, 2.24) is 0 Å². The molecule has 3 aromatic carbocycles. The van der Waals surface area contributed by atoms with Gasteiger partial charge in [0.2, 0.25) is 0 Å². The monoisotopic (exact) mass is 526 g/mol. The Hall–Kier alpha value is -4.07. The van der Waals surface area contributed by atoms with E-state index in [1.807, 2.05) is 26.0 Å². The Morgan fingerprint density at radius 1 is 0.868 bits per heavy atom. The number of carbonyl (C=O) groups excluding carboxylic acids is 2. The van der Waals surface area contributed by atoms with E-state index in [-0.39, 0.29) is 25.2 Å². The Morgan fingerprint density at radius 3 is 2.21 bits per heavy atom. The molecule has 0 bridgehead atoms. The van der Waals surface area contributed by atoms with Crippen molar-refractivity contribution in [2.45, 2.75) is 39.3 Å². The van der Waals surface area contributed by atoms with E-state index in [9.17, 15) is 22.8 Å². The quantitative estimate of drug-likeness (QED) is 0.116. The lowest BCUT2D eigenvalue weighted by Gasteiger charge is -2.09. The summed E-state index contributed by atoms with van der Waals surface area (Å²) in [5, 5.41) is 0. The number of carbonyl (C=O) groups is 2. The summed E-state index contributed by atoms with van der Waals surface area (Å²) in [5.41, 5.74) is 4.49. The minimum absolute atomic E-state index is 0.0745. The van der Waals surface area contributed by atoms with E-state index < -0.39 is 24.5 Å². The first-order chi connectivity index (χ1) is 18.1. The third-order valence-corrected chi connectivity index (χ3v) is 5.58. The number of rotatable bonds is 11. The number of hydrogen-bond acceptors (Lipinski definition) is 5. The fraction of sp³-hybridized carbons (Fsp3) is 0.267. The molecule has 0 aliphatic carbocycles. The topological polar surface area (TPSA) is 61.8 Å². The van der Waals surface area contributed by atoms with Gasteiger partial charge in [0, 0.05) is 18.9 Å². The molecule has 0 aromatic heterocycles. The van der Waals surface area contributed by atoms with Crippen molar-refractivity contribution in [2.24, 2.45) is 0 Å². The van der Waals surface area contributed by atoms with Gasteiger partial charge in [0.15, 0.2) is 0 Å². The maximum Gasteiger partial charge on any atom is 0.389 e. The van der Waals surface area contributed by atoms with Crippen LogP contribution in [0.25, 0.3) is 6.08 Å². The fourth-order valence-electron chi connectivity index (χ4n) is 3.56. The summed E-state index contributed by atoms with van der Waals surface area (Å²) in [5.74, 6) is -0.360. The molecule has 0 unspecified atom stereocenters. The first-order valence-electron chi connectivity index (χ1n) is 12.1. The third-order valence-electron chi connectivity index (χ3n) is 5.58. The van der Waals surface area contributed by atoms with Gasteiger partial charge in [0.25, 0.3) is 0 Å².